The SMILES string of the molecule is COc1ccc(F)c([C@]2(COCc3ccccc3)CS(=O)(=O)C(C)(C)C(=N)N2)c1. The van der Waals surface area contributed by atoms with Crippen LogP contribution in [0.2, 0.25) is 0 Å². The van der Waals surface area contributed by atoms with Crippen LogP contribution in [-0.4, -0.2) is 38.5 Å². The molecule has 0 unspecified atom stereocenters. The van der Waals surface area contributed by atoms with Crippen LogP contribution in [0, 0.1) is 11.2 Å². The van der Waals surface area contributed by atoms with E-state index in [2.05, 4.69) is 5.32 Å². The molecule has 3 rings (SSSR count). The third-order valence-corrected chi connectivity index (χ3v) is 7.96. The zero-order valence-electron chi connectivity index (χ0n) is 16.7. The molecule has 1 atom stereocenters. The molecule has 0 amide bonds. The summed E-state index contributed by atoms with van der Waals surface area (Å²) in [4.78, 5) is 0. The van der Waals surface area contributed by atoms with Crippen LogP contribution in [0.3, 0.4) is 0 Å². The Bertz CT molecular complexity index is 1010. The van der Waals surface area contributed by atoms with Gasteiger partial charge in [0.25, 0.3) is 0 Å². The first-order chi connectivity index (χ1) is 13.6. The summed E-state index contributed by atoms with van der Waals surface area (Å²) in [5.74, 6) is -0.813. The van der Waals surface area contributed by atoms with Crippen molar-refractivity contribution in [3.63, 3.8) is 0 Å². The number of amidine groups is 1. The van der Waals surface area contributed by atoms with Gasteiger partial charge in [-0.15, -0.1) is 0 Å². The topological polar surface area (TPSA) is 88.5 Å². The van der Waals surface area contributed by atoms with Crippen molar-refractivity contribution < 1.29 is 22.3 Å². The van der Waals surface area contributed by atoms with Gasteiger partial charge >= 0.3 is 0 Å². The predicted octanol–water partition coefficient (Wildman–Crippen LogP) is 3.02. The van der Waals surface area contributed by atoms with Gasteiger partial charge in [0.2, 0.25) is 0 Å². The fourth-order valence-corrected chi connectivity index (χ4v) is 4.98. The summed E-state index contributed by atoms with van der Waals surface area (Å²) >= 11 is 0. The van der Waals surface area contributed by atoms with Crippen LogP contribution in [0.4, 0.5) is 4.39 Å². The maximum Gasteiger partial charge on any atom is 0.165 e. The quantitative estimate of drug-likeness (QED) is 0.750. The number of rotatable bonds is 6. The van der Waals surface area contributed by atoms with E-state index in [1.54, 1.807) is 0 Å². The van der Waals surface area contributed by atoms with E-state index in [0.29, 0.717) is 5.75 Å². The van der Waals surface area contributed by atoms with Crippen molar-refractivity contribution in [3.8, 4) is 5.75 Å². The van der Waals surface area contributed by atoms with Crippen molar-refractivity contribution in [2.45, 2.75) is 30.7 Å². The van der Waals surface area contributed by atoms with Crippen LogP contribution < -0.4 is 10.1 Å². The summed E-state index contributed by atoms with van der Waals surface area (Å²) in [5.41, 5.74) is -0.449. The van der Waals surface area contributed by atoms with Crippen LogP contribution in [0.25, 0.3) is 0 Å². The number of halogens is 1. The first-order valence-electron chi connectivity index (χ1n) is 9.16. The van der Waals surface area contributed by atoms with Gasteiger partial charge in [-0.2, -0.15) is 0 Å². The Kier molecular flexibility index (Phi) is 5.69. The number of ether oxygens (including phenoxy) is 2. The van der Waals surface area contributed by atoms with E-state index in [4.69, 9.17) is 14.9 Å². The third kappa shape index (κ3) is 4.00. The van der Waals surface area contributed by atoms with Crippen molar-refractivity contribution in [1.29, 1.82) is 5.41 Å². The Morgan fingerprint density at radius 3 is 2.48 bits per heavy atom. The molecule has 8 heteroatoms. The number of hydrogen-bond acceptors (Lipinski definition) is 5. The molecule has 1 aliphatic heterocycles. The third-order valence-electron chi connectivity index (χ3n) is 5.33. The van der Waals surface area contributed by atoms with E-state index in [0.717, 1.165) is 5.56 Å². The van der Waals surface area contributed by atoms with Crippen molar-refractivity contribution in [2.75, 3.05) is 19.5 Å². The normalized spacial score (nSPS) is 22.7. The van der Waals surface area contributed by atoms with E-state index in [1.165, 1.54) is 39.2 Å². The first kappa shape index (κ1) is 21.3. The van der Waals surface area contributed by atoms with Crippen molar-refractivity contribution >= 4 is 15.7 Å². The molecule has 2 aromatic rings. The van der Waals surface area contributed by atoms with E-state index in [-0.39, 0.29) is 24.6 Å². The Labute approximate surface area is 170 Å². The van der Waals surface area contributed by atoms with E-state index in [9.17, 15) is 12.8 Å². The van der Waals surface area contributed by atoms with Crippen LogP contribution in [-0.2, 0) is 26.7 Å². The minimum Gasteiger partial charge on any atom is -0.497 e. The molecule has 2 aromatic carbocycles. The Morgan fingerprint density at radius 2 is 1.86 bits per heavy atom. The molecule has 0 aromatic heterocycles. The van der Waals surface area contributed by atoms with Gasteiger partial charge in [0.1, 0.15) is 27.7 Å². The lowest BCUT2D eigenvalue weighted by molar-refractivity contribution is 0.0688. The highest BCUT2D eigenvalue weighted by Gasteiger charge is 2.53. The molecular weight excluding hydrogens is 395 g/mol. The van der Waals surface area contributed by atoms with Crippen molar-refractivity contribution in [2.24, 2.45) is 0 Å². The molecule has 29 heavy (non-hydrogen) atoms. The summed E-state index contributed by atoms with van der Waals surface area (Å²) in [7, 11) is -2.32. The summed E-state index contributed by atoms with van der Waals surface area (Å²) < 4.78 is 50.5. The summed E-state index contributed by atoms with van der Waals surface area (Å²) in [6, 6.07) is 13.5. The van der Waals surface area contributed by atoms with E-state index in [1.807, 2.05) is 30.3 Å². The lowest BCUT2D eigenvalue weighted by Gasteiger charge is -2.45. The second kappa shape index (κ2) is 7.76. The molecule has 0 spiro atoms. The molecule has 0 bridgehead atoms. The highest BCUT2D eigenvalue weighted by Crippen LogP contribution is 2.37. The van der Waals surface area contributed by atoms with Crippen LogP contribution in [0.5, 0.6) is 5.75 Å². The van der Waals surface area contributed by atoms with Gasteiger partial charge in [-0.3, -0.25) is 5.41 Å². The monoisotopic (exact) mass is 420 g/mol. The molecule has 1 aliphatic rings. The van der Waals surface area contributed by atoms with Crippen LogP contribution in [0.15, 0.2) is 48.5 Å². The number of nitrogens with one attached hydrogen (secondary N) is 2. The maximum absolute atomic E-state index is 14.8. The minimum absolute atomic E-state index is 0.0914. The standard InChI is InChI=1S/C21H25FN2O4S/c1-20(2)19(23)24-21(14-29(20,25)26,13-28-12-15-7-5-4-6-8-15)17-11-16(27-3)9-10-18(17)22/h4-11H,12-14H2,1-3H3,(H2,23,24)/t21-/m0/s1. The second-order valence-electron chi connectivity index (χ2n) is 7.68. The highest BCUT2D eigenvalue weighted by atomic mass is 32.2. The fraction of sp³-hybridized carbons (Fsp3) is 0.381. The molecule has 1 fully saturated rings. The van der Waals surface area contributed by atoms with Gasteiger partial charge in [0.05, 0.1) is 26.1 Å². The molecule has 156 valence electrons. The van der Waals surface area contributed by atoms with Crippen LogP contribution >= 0.6 is 0 Å². The molecule has 0 radical (unpaired) electrons. The average Bonchev–Trinajstić information content (AvgIpc) is 2.67. The lowest BCUT2D eigenvalue weighted by atomic mass is 9.90. The van der Waals surface area contributed by atoms with Crippen LogP contribution in [0.1, 0.15) is 25.0 Å². The molecule has 2 N–H and O–H groups in total. The molecule has 1 heterocycles. The summed E-state index contributed by atoms with van der Waals surface area (Å²) in [6.45, 7) is 3.03. The molecule has 1 saturated heterocycles. The lowest BCUT2D eigenvalue weighted by Crippen LogP contribution is -2.66. The average molecular weight is 421 g/mol. The van der Waals surface area contributed by atoms with Crippen molar-refractivity contribution in [1.82, 2.24) is 5.32 Å². The van der Waals surface area contributed by atoms with Gasteiger partial charge < -0.3 is 14.8 Å². The highest BCUT2D eigenvalue weighted by molar-refractivity contribution is 7.93. The molecule has 0 aliphatic carbocycles. The number of hydrogen-bond donors (Lipinski definition) is 2. The van der Waals surface area contributed by atoms with Crippen molar-refractivity contribution in [3.05, 3.63) is 65.5 Å². The van der Waals surface area contributed by atoms with Gasteiger partial charge in [-0.1, -0.05) is 30.3 Å². The minimum atomic E-state index is -3.77. The van der Waals surface area contributed by atoms with Gasteiger partial charge in [-0.25, -0.2) is 12.8 Å². The fourth-order valence-electron chi connectivity index (χ4n) is 3.30. The zero-order valence-corrected chi connectivity index (χ0v) is 17.5. The summed E-state index contributed by atoms with van der Waals surface area (Å²) in [6.07, 6.45) is 0. The van der Waals surface area contributed by atoms with Gasteiger partial charge in [0, 0.05) is 5.56 Å². The first-order valence-corrected chi connectivity index (χ1v) is 10.8. The van der Waals surface area contributed by atoms with Gasteiger partial charge in [0.15, 0.2) is 9.84 Å². The maximum atomic E-state index is 14.8. The Morgan fingerprint density at radius 1 is 1.17 bits per heavy atom. The second-order valence-corrected chi connectivity index (χ2v) is 10.2. The number of benzene rings is 2. The van der Waals surface area contributed by atoms with E-state index < -0.39 is 31.7 Å². The summed E-state index contributed by atoms with van der Waals surface area (Å²) in [5, 5.41) is 11.3. The molecular formula is C21H25FN2O4S. The van der Waals surface area contributed by atoms with E-state index >= 15 is 0 Å². The number of sulfone groups is 1. The predicted molar refractivity (Wildman–Crippen MR) is 109 cm³/mol. The van der Waals surface area contributed by atoms with Gasteiger partial charge in [-0.05, 0) is 37.6 Å². The Hall–Kier alpha value is -2.45. The largest absolute Gasteiger partial charge is 0.497 e. The smallest absolute Gasteiger partial charge is 0.165 e. The zero-order chi connectivity index (χ0) is 21.3. The number of methoxy groups -OCH3 is 1. The molecule has 0 saturated carbocycles. The Balaban J connectivity index is 2.01. The molecule has 6 nitrogen and oxygen atoms in total.